The summed E-state index contributed by atoms with van der Waals surface area (Å²) in [5, 5.41) is 4.29. The molecule has 0 aliphatic rings. The summed E-state index contributed by atoms with van der Waals surface area (Å²) in [6.07, 6.45) is 1.86. The normalized spacial score (nSPS) is 10.2. The second-order valence-corrected chi connectivity index (χ2v) is 3.67. The first-order valence-corrected chi connectivity index (χ1v) is 5.50. The van der Waals surface area contributed by atoms with Gasteiger partial charge in [-0.05, 0) is 38.1 Å². The van der Waals surface area contributed by atoms with Crippen LogP contribution < -0.4 is 0 Å². The number of esters is 1. The lowest BCUT2D eigenvalue weighted by molar-refractivity contribution is 0.0526. The fraction of sp³-hybridized carbons (Fsp3) is 0.231. The highest BCUT2D eigenvalue weighted by atomic mass is 16.5. The van der Waals surface area contributed by atoms with E-state index in [0.29, 0.717) is 12.2 Å². The Kier molecular flexibility index (Phi) is 3.23. The fourth-order valence-corrected chi connectivity index (χ4v) is 1.55. The van der Waals surface area contributed by atoms with Crippen LogP contribution in [-0.2, 0) is 4.74 Å². The highest BCUT2D eigenvalue weighted by Gasteiger charge is 2.07. The number of carbonyl (C=O) groups is 1. The third kappa shape index (κ3) is 2.53. The molecule has 0 aliphatic heterocycles. The quantitative estimate of drug-likeness (QED) is 0.760. The first-order chi connectivity index (χ1) is 8.20. The topological polar surface area (TPSA) is 44.1 Å². The molecular formula is C13H14N2O2. The lowest BCUT2D eigenvalue weighted by Gasteiger charge is -2.05. The lowest BCUT2D eigenvalue weighted by Crippen LogP contribution is -2.05. The number of ether oxygens (including phenoxy) is 1. The van der Waals surface area contributed by atoms with Crippen molar-refractivity contribution in [1.29, 1.82) is 0 Å². The van der Waals surface area contributed by atoms with Gasteiger partial charge in [0, 0.05) is 6.20 Å². The first-order valence-electron chi connectivity index (χ1n) is 5.50. The monoisotopic (exact) mass is 230 g/mol. The molecule has 0 unspecified atom stereocenters. The molecule has 88 valence electrons. The Hall–Kier alpha value is -2.10. The Morgan fingerprint density at radius 2 is 2.24 bits per heavy atom. The molecule has 0 fully saturated rings. The molecule has 0 amide bonds. The largest absolute Gasteiger partial charge is 0.462 e. The number of nitrogens with zero attached hydrogens (tertiary/aromatic N) is 2. The maximum atomic E-state index is 11.6. The van der Waals surface area contributed by atoms with Crippen LogP contribution in [0.4, 0.5) is 0 Å². The summed E-state index contributed by atoms with van der Waals surface area (Å²) in [6.45, 7) is 4.09. The molecule has 2 aromatic rings. The van der Waals surface area contributed by atoms with E-state index < -0.39 is 0 Å². The summed E-state index contributed by atoms with van der Waals surface area (Å²) in [5.41, 5.74) is 2.33. The highest BCUT2D eigenvalue weighted by molar-refractivity contribution is 5.90. The van der Waals surface area contributed by atoms with Crippen LogP contribution in [0.25, 0.3) is 5.69 Å². The summed E-state index contributed by atoms with van der Waals surface area (Å²) in [6, 6.07) is 9.13. The second kappa shape index (κ2) is 4.82. The van der Waals surface area contributed by atoms with Crippen molar-refractivity contribution in [2.24, 2.45) is 0 Å². The standard InChI is InChI=1S/C13H14N2O2/c1-3-17-13(16)11-5-4-6-12(9-11)15-8-7-10(2)14-15/h4-9H,3H2,1-2H3. The van der Waals surface area contributed by atoms with Crippen molar-refractivity contribution in [3.8, 4) is 5.69 Å². The average Bonchev–Trinajstić information content (AvgIpc) is 2.76. The molecule has 0 N–H and O–H groups in total. The van der Waals surface area contributed by atoms with Crippen molar-refractivity contribution in [1.82, 2.24) is 9.78 Å². The van der Waals surface area contributed by atoms with E-state index in [9.17, 15) is 4.79 Å². The van der Waals surface area contributed by atoms with Crippen LogP contribution in [0.2, 0.25) is 0 Å². The summed E-state index contributed by atoms with van der Waals surface area (Å²) in [4.78, 5) is 11.6. The van der Waals surface area contributed by atoms with E-state index in [-0.39, 0.29) is 5.97 Å². The zero-order valence-electron chi connectivity index (χ0n) is 9.88. The van der Waals surface area contributed by atoms with Crippen molar-refractivity contribution in [3.05, 3.63) is 47.8 Å². The number of benzene rings is 1. The molecular weight excluding hydrogens is 216 g/mol. The van der Waals surface area contributed by atoms with Gasteiger partial charge >= 0.3 is 5.97 Å². The predicted molar refractivity (Wildman–Crippen MR) is 64.3 cm³/mol. The Morgan fingerprint density at radius 3 is 2.88 bits per heavy atom. The average molecular weight is 230 g/mol. The molecule has 0 atom stereocenters. The molecule has 0 saturated heterocycles. The van der Waals surface area contributed by atoms with Crippen LogP contribution in [-0.4, -0.2) is 22.4 Å². The van der Waals surface area contributed by atoms with E-state index in [2.05, 4.69) is 5.10 Å². The zero-order chi connectivity index (χ0) is 12.3. The SMILES string of the molecule is CCOC(=O)c1cccc(-n2ccc(C)n2)c1. The van der Waals surface area contributed by atoms with Crippen LogP contribution in [0.3, 0.4) is 0 Å². The van der Waals surface area contributed by atoms with E-state index >= 15 is 0 Å². The van der Waals surface area contributed by atoms with Gasteiger partial charge in [-0.3, -0.25) is 0 Å². The van der Waals surface area contributed by atoms with Crippen molar-refractivity contribution < 1.29 is 9.53 Å². The van der Waals surface area contributed by atoms with Gasteiger partial charge in [0.15, 0.2) is 0 Å². The maximum absolute atomic E-state index is 11.6. The first kappa shape index (κ1) is 11.4. The van der Waals surface area contributed by atoms with Gasteiger partial charge in [0.25, 0.3) is 0 Å². The smallest absolute Gasteiger partial charge is 0.338 e. The second-order valence-electron chi connectivity index (χ2n) is 3.67. The Balaban J connectivity index is 2.31. The molecule has 1 aromatic heterocycles. The number of hydrogen-bond acceptors (Lipinski definition) is 3. The number of aryl methyl sites for hydroxylation is 1. The van der Waals surface area contributed by atoms with E-state index in [0.717, 1.165) is 11.4 Å². The van der Waals surface area contributed by atoms with Crippen LogP contribution in [0, 0.1) is 6.92 Å². The van der Waals surface area contributed by atoms with E-state index in [1.807, 2.05) is 31.3 Å². The number of rotatable bonds is 3. The number of aromatic nitrogens is 2. The van der Waals surface area contributed by atoms with Crippen molar-refractivity contribution >= 4 is 5.97 Å². The Morgan fingerprint density at radius 1 is 1.41 bits per heavy atom. The van der Waals surface area contributed by atoms with Gasteiger partial charge in [-0.2, -0.15) is 5.10 Å². The third-order valence-corrected chi connectivity index (χ3v) is 2.34. The van der Waals surface area contributed by atoms with E-state index in [1.54, 1.807) is 23.7 Å². The minimum absolute atomic E-state index is 0.307. The van der Waals surface area contributed by atoms with Gasteiger partial charge in [-0.15, -0.1) is 0 Å². The van der Waals surface area contributed by atoms with Gasteiger partial charge in [-0.1, -0.05) is 6.07 Å². The molecule has 1 heterocycles. The molecule has 4 heteroatoms. The molecule has 2 rings (SSSR count). The Bertz CT molecular complexity index is 532. The zero-order valence-corrected chi connectivity index (χ0v) is 9.88. The highest BCUT2D eigenvalue weighted by Crippen LogP contribution is 2.11. The van der Waals surface area contributed by atoms with Crippen LogP contribution in [0.15, 0.2) is 36.5 Å². The van der Waals surface area contributed by atoms with Gasteiger partial charge in [0.05, 0.1) is 23.6 Å². The summed E-state index contributed by atoms with van der Waals surface area (Å²) in [5.74, 6) is -0.307. The molecule has 17 heavy (non-hydrogen) atoms. The maximum Gasteiger partial charge on any atom is 0.338 e. The van der Waals surface area contributed by atoms with Gasteiger partial charge < -0.3 is 4.74 Å². The molecule has 0 spiro atoms. The van der Waals surface area contributed by atoms with Crippen molar-refractivity contribution in [2.45, 2.75) is 13.8 Å². The minimum atomic E-state index is -0.307. The molecule has 0 saturated carbocycles. The molecule has 1 aromatic carbocycles. The van der Waals surface area contributed by atoms with Gasteiger partial charge in [0.2, 0.25) is 0 Å². The van der Waals surface area contributed by atoms with Crippen LogP contribution in [0.5, 0.6) is 0 Å². The summed E-state index contributed by atoms with van der Waals surface area (Å²) < 4.78 is 6.69. The van der Waals surface area contributed by atoms with Crippen LogP contribution in [0.1, 0.15) is 23.0 Å². The molecule has 4 nitrogen and oxygen atoms in total. The number of hydrogen-bond donors (Lipinski definition) is 0. The summed E-state index contributed by atoms with van der Waals surface area (Å²) in [7, 11) is 0. The van der Waals surface area contributed by atoms with E-state index in [1.165, 1.54) is 0 Å². The molecule has 0 aliphatic carbocycles. The lowest BCUT2D eigenvalue weighted by atomic mass is 10.2. The predicted octanol–water partition coefficient (Wildman–Crippen LogP) is 2.36. The summed E-state index contributed by atoms with van der Waals surface area (Å²) >= 11 is 0. The van der Waals surface area contributed by atoms with E-state index in [4.69, 9.17) is 4.74 Å². The molecule has 0 bridgehead atoms. The van der Waals surface area contributed by atoms with Crippen LogP contribution >= 0.6 is 0 Å². The van der Waals surface area contributed by atoms with Gasteiger partial charge in [0.1, 0.15) is 0 Å². The van der Waals surface area contributed by atoms with Gasteiger partial charge in [-0.25, -0.2) is 9.48 Å². The minimum Gasteiger partial charge on any atom is -0.462 e. The van der Waals surface area contributed by atoms with Crippen molar-refractivity contribution in [2.75, 3.05) is 6.61 Å². The Labute approximate surface area is 99.8 Å². The number of carbonyl (C=O) groups excluding carboxylic acids is 1. The molecule has 0 radical (unpaired) electrons. The van der Waals surface area contributed by atoms with Crippen molar-refractivity contribution in [3.63, 3.8) is 0 Å². The third-order valence-electron chi connectivity index (χ3n) is 2.34. The fourth-order valence-electron chi connectivity index (χ4n) is 1.55.